The number of carbonyl (C=O) groups excluding carboxylic acids is 1. The maximum Gasteiger partial charge on any atom is 0.296 e. The molecule has 1 amide bonds. The second-order valence-electron chi connectivity index (χ2n) is 10.3. The number of amides is 1. The Morgan fingerprint density at radius 1 is 0.977 bits per heavy atom. The zero-order chi connectivity index (χ0) is 31.1. The van der Waals surface area contributed by atoms with Gasteiger partial charge in [0.25, 0.3) is 17.0 Å². The summed E-state index contributed by atoms with van der Waals surface area (Å²) in [6.45, 7) is 3.69. The van der Waals surface area contributed by atoms with Crippen molar-refractivity contribution in [2.75, 3.05) is 16.8 Å². The Morgan fingerprint density at radius 2 is 1.66 bits per heavy atom. The molecule has 44 heavy (non-hydrogen) atoms. The van der Waals surface area contributed by atoms with Gasteiger partial charge in [-0.25, -0.2) is 9.67 Å². The molecule has 0 radical (unpaired) electrons. The Kier molecular flexibility index (Phi) is 7.80. The van der Waals surface area contributed by atoms with Gasteiger partial charge in [0.15, 0.2) is 4.32 Å². The molecule has 1 unspecified atom stereocenters. The van der Waals surface area contributed by atoms with Gasteiger partial charge < -0.3 is 10.4 Å². The molecule has 0 spiro atoms. The molecule has 12 heteroatoms. The highest BCUT2D eigenvalue weighted by atomic mass is 32.2. The number of aliphatic hydroxyl groups is 1. The predicted molar refractivity (Wildman–Crippen MR) is 177 cm³/mol. The molecule has 222 valence electrons. The number of carbonyl (C=O) groups is 1. The van der Waals surface area contributed by atoms with Crippen LogP contribution < -0.4 is 21.3 Å². The van der Waals surface area contributed by atoms with E-state index in [0.29, 0.717) is 22.6 Å². The van der Waals surface area contributed by atoms with Crippen LogP contribution in [0.1, 0.15) is 28.5 Å². The summed E-state index contributed by atoms with van der Waals surface area (Å²) >= 11 is 6.61. The molecule has 0 saturated carbocycles. The van der Waals surface area contributed by atoms with E-state index in [1.54, 1.807) is 55.2 Å². The van der Waals surface area contributed by atoms with Gasteiger partial charge in [-0.2, -0.15) is 0 Å². The van der Waals surface area contributed by atoms with E-state index in [2.05, 4.69) is 10.3 Å². The first kappa shape index (κ1) is 29.3. The summed E-state index contributed by atoms with van der Waals surface area (Å²) in [6, 6.07) is 21.8. The highest BCUT2D eigenvalue weighted by molar-refractivity contribution is 8.27. The van der Waals surface area contributed by atoms with Crippen molar-refractivity contribution in [1.29, 1.82) is 0 Å². The number of fused-ring (bicyclic) bond motifs is 1. The normalized spacial score (nSPS) is 15.0. The molecule has 10 nitrogen and oxygen atoms in total. The van der Waals surface area contributed by atoms with E-state index >= 15 is 0 Å². The third-order valence-corrected chi connectivity index (χ3v) is 8.77. The summed E-state index contributed by atoms with van der Waals surface area (Å²) < 4.78 is 4.75. The zero-order valence-corrected chi connectivity index (χ0v) is 25.7. The molecule has 1 aliphatic rings. The largest absolute Gasteiger partial charge is 0.387 e. The number of aromatic nitrogens is 4. The quantitative estimate of drug-likeness (QED) is 0.203. The highest BCUT2D eigenvalue weighted by Crippen LogP contribution is 2.36. The summed E-state index contributed by atoms with van der Waals surface area (Å²) in [4.78, 5) is 47.4. The van der Waals surface area contributed by atoms with Crippen LogP contribution in [0.3, 0.4) is 0 Å². The van der Waals surface area contributed by atoms with Gasteiger partial charge >= 0.3 is 0 Å². The van der Waals surface area contributed by atoms with Crippen LogP contribution in [0.4, 0.5) is 11.5 Å². The standard InChI is InChI=1S/C32H28N6O4S2/c1-19-14-15-26-34-28(33-17-24(39)21-10-6-4-7-11-21)23(29(40)36(26)18-19)16-25-30(41)37(32(43)44-25)27-20(2)35(3)38(31(27)42)22-12-8-5-9-13-22/h4-16,18,24,33,39H,17H2,1-3H3/b25-16+. The lowest BCUT2D eigenvalue weighted by Crippen LogP contribution is -2.33. The van der Waals surface area contributed by atoms with Gasteiger partial charge in [-0.05, 0) is 49.2 Å². The fraction of sp³-hybridized carbons (Fsp3) is 0.156. The van der Waals surface area contributed by atoms with Crippen molar-refractivity contribution in [3.05, 3.63) is 127 Å². The van der Waals surface area contributed by atoms with E-state index in [-0.39, 0.29) is 32.8 Å². The molecule has 2 N–H and O–H groups in total. The summed E-state index contributed by atoms with van der Waals surface area (Å²) in [7, 11) is 1.74. The second kappa shape index (κ2) is 11.7. The Labute approximate surface area is 261 Å². The third kappa shape index (κ3) is 5.17. The summed E-state index contributed by atoms with van der Waals surface area (Å²) in [5.41, 5.74) is 2.64. The molecular formula is C32H28N6O4S2. The van der Waals surface area contributed by atoms with Crippen LogP contribution >= 0.6 is 24.0 Å². The topological polar surface area (TPSA) is 114 Å². The first-order valence-electron chi connectivity index (χ1n) is 13.8. The van der Waals surface area contributed by atoms with Crippen molar-refractivity contribution in [1.82, 2.24) is 18.7 Å². The fourth-order valence-corrected chi connectivity index (χ4v) is 6.37. The van der Waals surface area contributed by atoms with Crippen LogP contribution in [0, 0.1) is 13.8 Å². The minimum absolute atomic E-state index is 0.0719. The molecule has 2 aromatic carbocycles. The number of hydrogen-bond donors (Lipinski definition) is 2. The Balaban J connectivity index is 1.41. The number of aliphatic hydroxyl groups excluding tert-OH is 1. The van der Waals surface area contributed by atoms with Crippen LogP contribution in [0.15, 0.2) is 93.5 Å². The zero-order valence-electron chi connectivity index (χ0n) is 24.1. The SMILES string of the molecule is Cc1ccc2nc(NCC(O)c3ccccc3)c(/C=C3/SC(=S)N(c4c(C)n(C)n(-c5ccccc5)c4=O)C3=O)c(=O)n2c1. The molecule has 0 bridgehead atoms. The molecule has 1 atom stereocenters. The molecule has 5 aromatic rings. The molecule has 4 heterocycles. The average molecular weight is 625 g/mol. The van der Waals surface area contributed by atoms with Gasteiger partial charge in [0.05, 0.1) is 28.0 Å². The third-order valence-electron chi connectivity index (χ3n) is 7.47. The maximum atomic E-state index is 13.9. The van der Waals surface area contributed by atoms with Crippen molar-refractivity contribution < 1.29 is 9.90 Å². The van der Waals surface area contributed by atoms with Crippen molar-refractivity contribution in [3.8, 4) is 5.69 Å². The van der Waals surface area contributed by atoms with Gasteiger partial charge in [-0.15, -0.1) is 0 Å². The van der Waals surface area contributed by atoms with E-state index in [9.17, 15) is 19.5 Å². The van der Waals surface area contributed by atoms with Gasteiger partial charge in [0.1, 0.15) is 17.2 Å². The number of thioether (sulfide) groups is 1. The van der Waals surface area contributed by atoms with Crippen LogP contribution in [0.25, 0.3) is 17.4 Å². The predicted octanol–water partition coefficient (Wildman–Crippen LogP) is 4.35. The van der Waals surface area contributed by atoms with E-state index in [4.69, 9.17) is 12.2 Å². The Bertz CT molecular complexity index is 2080. The number of nitrogens with one attached hydrogen (secondary N) is 1. The van der Waals surface area contributed by atoms with Gasteiger partial charge in [-0.1, -0.05) is 78.6 Å². The number of anilines is 2. The molecule has 1 saturated heterocycles. The molecule has 6 rings (SSSR count). The monoisotopic (exact) mass is 624 g/mol. The Morgan fingerprint density at radius 3 is 2.36 bits per heavy atom. The number of para-hydroxylation sites is 1. The van der Waals surface area contributed by atoms with Gasteiger partial charge in [0.2, 0.25) is 0 Å². The molecule has 0 aliphatic carbocycles. The number of rotatable bonds is 7. The summed E-state index contributed by atoms with van der Waals surface area (Å²) in [5.74, 6) is -0.309. The lowest BCUT2D eigenvalue weighted by molar-refractivity contribution is -0.113. The molecule has 1 fully saturated rings. The average Bonchev–Trinajstić information content (AvgIpc) is 3.42. The second-order valence-corrected chi connectivity index (χ2v) is 12.0. The molecule has 1 aliphatic heterocycles. The van der Waals surface area contributed by atoms with Crippen LogP contribution in [0.2, 0.25) is 0 Å². The number of thiocarbonyl (C=S) groups is 1. The highest BCUT2D eigenvalue weighted by Gasteiger charge is 2.38. The van der Waals surface area contributed by atoms with Crippen molar-refractivity contribution >= 4 is 57.4 Å². The van der Waals surface area contributed by atoms with E-state index in [1.165, 1.54) is 20.1 Å². The van der Waals surface area contributed by atoms with E-state index < -0.39 is 23.1 Å². The van der Waals surface area contributed by atoms with Gasteiger partial charge in [-0.3, -0.25) is 28.4 Å². The summed E-state index contributed by atoms with van der Waals surface area (Å²) in [5, 5.41) is 13.9. The maximum absolute atomic E-state index is 13.9. The van der Waals surface area contributed by atoms with Crippen LogP contribution in [-0.4, -0.2) is 40.6 Å². The van der Waals surface area contributed by atoms with E-state index in [1.807, 2.05) is 49.4 Å². The molecular weight excluding hydrogens is 597 g/mol. The van der Waals surface area contributed by atoms with Crippen LogP contribution in [-0.2, 0) is 11.8 Å². The van der Waals surface area contributed by atoms with Crippen molar-refractivity contribution in [3.63, 3.8) is 0 Å². The van der Waals surface area contributed by atoms with Crippen molar-refractivity contribution in [2.24, 2.45) is 7.05 Å². The first-order valence-corrected chi connectivity index (χ1v) is 15.0. The van der Waals surface area contributed by atoms with Crippen LogP contribution in [0.5, 0.6) is 0 Å². The number of aryl methyl sites for hydroxylation is 1. The number of nitrogens with zero attached hydrogens (tertiary/aromatic N) is 5. The lowest BCUT2D eigenvalue weighted by Gasteiger charge is -2.15. The van der Waals surface area contributed by atoms with E-state index in [0.717, 1.165) is 17.3 Å². The molecule has 3 aromatic heterocycles. The number of hydrogen-bond acceptors (Lipinski definition) is 8. The first-order chi connectivity index (χ1) is 21.2. The minimum Gasteiger partial charge on any atom is -0.387 e. The lowest BCUT2D eigenvalue weighted by atomic mass is 10.1. The van der Waals surface area contributed by atoms with Gasteiger partial charge in [0, 0.05) is 19.8 Å². The smallest absolute Gasteiger partial charge is 0.296 e. The Hall–Kier alpha value is -4.78. The minimum atomic E-state index is -0.867. The summed E-state index contributed by atoms with van der Waals surface area (Å²) in [6.07, 6.45) is 2.26. The number of pyridine rings is 1. The number of benzene rings is 2. The van der Waals surface area contributed by atoms with Crippen molar-refractivity contribution in [2.45, 2.75) is 20.0 Å². The fourth-order valence-electron chi connectivity index (χ4n) is 5.11.